The lowest BCUT2D eigenvalue weighted by Gasteiger charge is -2.29. The number of sulfone groups is 1. The molecule has 28 heavy (non-hydrogen) atoms. The smallest absolute Gasteiger partial charge is 0.304 e. The average Bonchev–Trinajstić information content (AvgIpc) is 2.95. The summed E-state index contributed by atoms with van der Waals surface area (Å²) in [7, 11) is -3.38. The zero-order valence-electron chi connectivity index (χ0n) is 14.2. The summed E-state index contributed by atoms with van der Waals surface area (Å²) in [6.45, 7) is 0. The summed E-state index contributed by atoms with van der Waals surface area (Å²) >= 11 is 11.5. The Kier molecular flexibility index (Phi) is 5.67. The highest BCUT2D eigenvalue weighted by Crippen LogP contribution is 2.38. The molecule has 1 aliphatic heterocycles. The molecule has 1 aliphatic rings. The van der Waals surface area contributed by atoms with Crippen molar-refractivity contribution in [3.63, 3.8) is 0 Å². The molecule has 2 aromatic carbocycles. The number of benzene rings is 2. The van der Waals surface area contributed by atoms with Gasteiger partial charge < -0.3 is 4.90 Å². The summed E-state index contributed by atoms with van der Waals surface area (Å²) in [5.74, 6) is -1.08. The number of anilines is 1. The van der Waals surface area contributed by atoms with E-state index in [4.69, 9.17) is 23.2 Å². The van der Waals surface area contributed by atoms with Crippen LogP contribution in [0.3, 0.4) is 0 Å². The van der Waals surface area contributed by atoms with E-state index in [0.717, 1.165) is 17.0 Å². The maximum atomic E-state index is 13.3. The van der Waals surface area contributed by atoms with Crippen LogP contribution in [0.15, 0.2) is 42.5 Å². The van der Waals surface area contributed by atoms with E-state index < -0.39 is 38.5 Å². The second-order valence-electron chi connectivity index (χ2n) is 6.40. The zero-order chi connectivity index (χ0) is 20.7. The Hall–Kier alpha value is -1.77. The molecule has 0 aliphatic carbocycles. The van der Waals surface area contributed by atoms with Gasteiger partial charge in [0.05, 0.1) is 28.1 Å². The third kappa shape index (κ3) is 4.45. The normalized spacial score (nSPS) is 18.8. The fourth-order valence-corrected chi connectivity index (χ4v) is 5.14. The molecule has 0 saturated carbocycles. The van der Waals surface area contributed by atoms with Crippen LogP contribution in [0, 0.1) is 0 Å². The van der Waals surface area contributed by atoms with E-state index in [1.54, 1.807) is 0 Å². The second-order valence-corrected chi connectivity index (χ2v) is 9.47. The Bertz CT molecular complexity index is 1010. The summed E-state index contributed by atoms with van der Waals surface area (Å²) in [6.07, 6.45) is -4.59. The van der Waals surface area contributed by atoms with Gasteiger partial charge in [0.1, 0.15) is 0 Å². The van der Waals surface area contributed by atoms with E-state index in [2.05, 4.69) is 0 Å². The molecule has 150 valence electrons. The minimum Gasteiger partial charge on any atom is -0.304 e. The number of amides is 1. The first-order valence-corrected chi connectivity index (χ1v) is 10.7. The number of rotatable bonds is 3. The molecule has 0 spiro atoms. The van der Waals surface area contributed by atoms with Crippen LogP contribution in [0.1, 0.15) is 22.3 Å². The third-order valence-electron chi connectivity index (χ3n) is 4.42. The van der Waals surface area contributed by atoms with Crippen molar-refractivity contribution in [2.75, 3.05) is 16.4 Å². The molecule has 4 nitrogen and oxygen atoms in total. The van der Waals surface area contributed by atoms with Crippen molar-refractivity contribution in [2.24, 2.45) is 0 Å². The largest absolute Gasteiger partial charge is 0.417 e. The van der Waals surface area contributed by atoms with Gasteiger partial charge in [0.2, 0.25) is 0 Å². The van der Waals surface area contributed by atoms with Crippen LogP contribution in [0.4, 0.5) is 18.9 Å². The van der Waals surface area contributed by atoms with E-state index in [1.807, 2.05) is 0 Å². The molecule has 0 aromatic heterocycles. The van der Waals surface area contributed by atoms with E-state index in [9.17, 15) is 26.4 Å². The van der Waals surface area contributed by atoms with Gasteiger partial charge in [0.25, 0.3) is 5.91 Å². The lowest BCUT2D eigenvalue weighted by atomic mass is 10.1. The summed E-state index contributed by atoms with van der Waals surface area (Å²) in [5.41, 5.74) is -0.989. The molecule has 1 unspecified atom stereocenters. The zero-order valence-corrected chi connectivity index (χ0v) is 16.5. The molecule has 1 atom stereocenters. The molecular formula is C18H14Cl2F3NO3S. The van der Waals surface area contributed by atoms with Gasteiger partial charge in [0.15, 0.2) is 9.84 Å². The van der Waals surface area contributed by atoms with Crippen LogP contribution in [-0.2, 0) is 16.0 Å². The predicted molar refractivity (Wildman–Crippen MR) is 102 cm³/mol. The van der Waals surface area contributed by atoms with Crippen molar-refractivity contribution in [2.45, 2.75) is 18.6 Å². The topological polar surface area (TPSA) is 54.5 Å². The first kappa shape index (κ1) is 21.0. The van der Waals surface area contributed by atoms with Crippen molar-refractivity contribution < 1.29 is 26.4 Å². The van der Waals surface area contributed by atoms with Gasteiger partial charge in [-0.25, -0.2) is 8.42 Å². The van der Waals surface area contributed by atoms with Gasteiger partial charge in [-0.1, -0.05) is 23.2 Å². The highest BCUT2D eigenvalue weighted by Gasteiger charge is 2.38. The Morgan fingerprint density at radius 3 is 2.25 bits per heavy atom. The van der Waals surface area contributed by atoms with Crippen LogP contribution in [0.25, 0.3) is 0 Å². The Labute approximate surface area is 169 Å². The minimum absolute atomic E-state index is 0.0706. The standard InChI is InChI=1S/C18H14Cl2F3NO3S/c19-12-3-1-11(2-4-12)17(25)24(14-7-8-28(26,27)10-14)13-5-6-16(20)15(9-13)18(21,22)23/h1-6,9,14H,7-8,10H2. The summed E-state index contributed by atoms with van der Waals surface area (Å²) in [5, 5.41) is -0.119. The minimum atomic E-state index is -4.72. The number of halogens is 5. The highest BCUT2D eigenvalue weighted by atomic mass is 35.5. The van der Waals surface area contributed by atoms with Crippen molar-refractivity contribution in [1.82, 2.24) is 0 Å². The Morgan fingerprint density at radius 1 is 1.07 bits per heavy atom. The maximum absolute atomic E-state index is 13.3. The molecule has 10 heteroatoms. The SMILES string of the molecule is O=C(c1ccc(Cl)cc1)N(c1ccc(Cl)c(C(F)(F)F)c1)C1CCS(=O)(=O)C1. The predicted octanol–water partition coefficient (Wildman–Crippen LogP) is 4.85. The first-order chi connectivity index (χ1) is 13.0. The molecule has 1 heterocycles. The van der Waals surface area contributed by atoms with Crippen LogP contribution in [0.5, 0.6) is 0 Å². The lowest BCUT2D eigenvalue weighted by molar-refractivity contribution is -0.137. The molecule has 0 radical (unpaired) electrons. The van der Waals surface area contributed by atoms with Crippen molar-refractivity contribution >= 4 is 44.6 Å². The number of nitrogens with zero attached hydrogens (tertiary/aromatic N) is 1. The molecule has 0 bridgehead atoms. The maximum Gasteiger partial charge on any atom is 0.417 e. The van der Waals surface area contributed by atoms with E-state index in [0.29, 0.717) is 5.02 Å². The van der Waals surface area contributed by atoms with Crippen molar-refractivity contribution in [1.29, 1.82) is 0 Å². The van der Waals surface area contributed by atoms with Gasteiger partial charge in [0, 0.05) is 16.3 Å². The fraction of sp³-hybridized carbons (Fsp3) is 0.278. The molecule has 1 fully saturated rings. The Morgan fingerprint density at radius 2 is 1.71 bits per heavy atom. The molecule has 1 saturated heterocycles. The number of hydrogen-bond donors (Lipinski definition) is 0. The van der Waals surface area contributed by atoms with E-state index >= 15 is 0 Å². The monoisotopic (exact) mass is 451 g/mol. The first-order valence-electron chi connectivity index (χ1n) is 8.14. The van der Waals surface area contributed by atoms with E-state index in [1.165, 1.54) is 30.3 Å². The molecule has 0 N–H and O–H groups in total. The Balaban J connectivity index is 2.09. The fourth-order valence-electron chi connectivity index (χ4n) is 3.08. The number of alkyl halides is 3. The van der Waals surface area contributed by atoms with Gasteiger partial charge in [-0.2, -0.15) is 13.2 Å². The highest BCUT2D eigenvalue weighted by molar-refractivity contribution is 7.91. The van der Waals surface area contributed by atoms with Crippen molar-refractivity contribution in [3.8, 4) is 0 Å². The number of carbonyl (C=O) groups is 1. The lowest BCUT2D eigenvalue weighted by Crippen LogP contribution is -2.41. The van der Waals surface area contributed by atoms with Gasteiger partial charge >= 0.3 is 6.18 Å². The molecule has 1 amide bonds. The molecule has 2 aromatic rings. The quantitative estimate of drug-likeness (QED) is 0.670. The van der Waals surface area contributed by atoms with Gasteiger partial charge in [-0.15, -0.1) is 0 Å². The van der Waals surface area contributed by atoms with Crippen molar-refractivity contribution in [3.05, 3.63) is 63.6 Å². The van der Waals surface area contributed by atoms with Gasteiger partial charge in [-0.3, -0.25) is 4.79 Å². The van der Waals surface area contributed by atoms with E-state index in [-0.39, 0.29) is 29.2 Å². The number of hydrogen-bond acceptors (Lipinski definition) is 3. The molecular weight excluding hydrogens is 438 g/mol. The molecule has 3 rings (SSSR count). The number of carbonyl (C=O) groups excluding carboxylic acids is 1. The second kappa shape index (κ2) is 7.57. The summed E-state index contributed by atoms with van der Waals surface area (Å²) in [6, 6.07) is 8.12. The summed E-state index contributed by atoms with van der Waals surface area (Å²) in [4.78, 5) is 14.2. The van der Waals surface area contributed by atoms with Crippen LogP contribution in [-0.4, -0.2) is 31.9 Å². The average molecular weight is 452 g/mol. The summed E-state index contributed by atoms with van der Waals surface area (Å²) < 4.78 is 63.6. The third-order valence-corrected chi connectivity index (χ3v) is 6.75. The van der Waals surface area contributed by atoms with Crippen LogP contribution in [0.2, 0.25) is 10.0 Å². The van der Waals surface area contributed by atoms with Crippen LogP contribution < -0.4 is 4.90 Å². The van der Waals surface area contributed by atoms with Crippen LogP contribution >= 0.6 is 23.2 Å². The van der Waals surface area contributed by atoms with Gasteiger partial charge in [-0.05, 0) is 48.9 Å².